The van der Waals surface area contributed by atoms with Gasteiger partial charge in [0.1, 0.15) is 6.61 Å². The van der Waals surface area contributed by atoms with Crippen molar-refractivity contribution in [1.82, 2.24) is 5.32 Å². The number of nitrogens with one attached hydrogen (secondary N) is 1. The van der Waals surface area contributed by atoms with Gasteiger partial charge < -0.3 is 14.8 Å². The number of Topliss-reactive ketones (excluding diaryl/α,β-unsaturated/α-hetero) is 1. The molecule has 0 aliphatic heterocycles. The Morgan fingerprint density at radius 2 is 1.67 bits per heavy atom. The van der Waals surface area contributed by atoms with E-state index in [1.807, 2.05) is 42.5 Å². The normalized spacial score (nSPS) is 10.1. The molecular weight excluding hydrogens is 266 g/mol. The standard InChI is InChI=1S/C17H19NO3/c1-20-16-9-5-6-10-17(16)21-13-15(19)12-18-11-14-7-3-2-4-8-14/h2-10,18H,11-13H2,1H3. The van der Waals surface area contributed by atoms with Gasteiger partial charge in [0.2, 0.25) is 0 Å². The zero-order chi connectivity index (χ0) is 14.9. The number of ketones is 1. The fourth-order valence-electron chi connectivity index (χ4n) is 1.89. The van der Waals surface area contributed by atoms with Crippen molar-refractivity contribution < 1.29 is 14.3 Å². The number of rotatable bonds is 8. The first-order valence-electron chi connectivity index (χ1n) is 6.82. The molecule has 0 aliphatic rings. The molecule has 0 heterocycles. The molecule has 0 unspecified atom stereocenters. The number of hydrogen-bond donors (Lipinski definition) is 1. The van der Waals surface area contributed by atoms with Crippen LogP contribution in [0.15, 0.2) is 54.6 Å². The summed E-state index contributed by atoms with van der Waals surface area (Å²) in [7, 11) is 1.57. The summed E-state index contributed by atoms with van der Waals surface area (Å²) in [4.78, 5) is 11.8. The molecule has 0 bridgehead atoms. The van der Waals surface area contributed by atoms with Crippen LogP contribution in [0.25, 0.3) is 0 Å². The van der Waals surface area contributed by atoms with Crippen LogP contribution in [0.4, 0.5) is 0 Å². The first-order valence-corrected chi connectivity index (χ1v) is 6.82. The lowest BCUT2D eigenvalue weighted by atomic mass is 10.2. The minimum Gasteiger partial charge on any atom is -0.493 e. The maximum Gasteiger partial charge on any atom is 0.183 e. The highest BCUT2D eigenvalue weighted by Crippen LogP contribution is 2.25. The van der Waals surface area contributed by atoms with Crippen molar-refractivity contribution in [3.05, 3.63) is 60.2 Å². The Bertz CT molecular complexity index is 569. The van der Waals surface area contributed by atoms with Crippen LogP contribution in [-0.4, -0.2) is 26.0 Å². The number of carbonyl (C=O) groups excluding carboxylic acids is 1. The lowest BCUT2D eigenvalue weighted by molar-refractivity contribution is -0.120. The molecule has 21 heavy (non-hydrogen) atoms. The molecule has 0 radical (unpaired) electrons. The van der Waals surface area contributed by atoms with E-state index < -0.39 is 0 Å². The largest absolute Gasteiger partial charge is 0.493 e. The van der Waals surface area contributed by atoms with Crippen LogP contribution in [0.5, 0.6) is 11.5 Å². The van der Waals surface area contributed by atoms with E-state index in [0.29, 0.717) is 18.0 Å². The van der Waals surface area contributed by atoms with Crippen LogP contribution in [-0.2, 0) is 11.3 Å². The van der Waals surface area contributed by atoms with Crippen molar-refractivity contribution in [3.63, 3.8) is 0 Å². The number of carbonyl (C=O) groups is 1. The zero-order valence-electron chi connectivity index (χ0n) is 12.0. The second kappa shape index (κ2) is 8.07. The first kappa shape index (κ1) is 15.1. The van der Waals surface area contributed by atoms with Crippen molar-refractivity contribution in [2.75, 3.05) is 20.3 Å². The fraction of sp³-hybridized carbons (Fsp3) is 0.235. The smallest absolute Gasteiger partial charge is 0.183 e. The summed E-state index contributed by atoms with van der Waals surface area (Å²) in [5, 5.41) is 3.11. The average Bonchev–Trinajstić information content (AvgIpc) is 2.54. The Morgan fingerprint density at radius 1 is 1.00 bits per heavy atom. The van der Waals surface area contributed by atoms with E-state index in [2.05, 4.69) is 5.32 Å². The van der Waals surface area contributed by atoms with Gasteiger partial charge >= 0.3 is 0 Å². The predicted octanol–water partition coefficient (Wildman–Crippen LogP) is 2.43. The van der Waals surface area contributed by atoms with Crippen molar-refractivity contribution in [1.29, 1.82) is 0 Å². The van der Waals surface area contributed by atoms with E-state index in [9.17, 15) is 4.79 Å². The van der Waals surface area contributed by atoms with E-state index in [1.54, 1.807) is 19.2 Å². The second-order valence-corrected chi connectivity index (χ2v) is 4.57. The Balaban J connectivity index is 1.72. The monoisotopic (exact) mass is 285 g/mol. The first-order chi connectivity index (χ1) is 10.3. The Hall–Kier alpha value is -2.33. The maximum absolute atomic E-state index is 11.8. The number of hydrogen-bond acceptors (Lipinski definition) is 4. The summed E-state index contributed by atoms with van der Waals surface area (Å²) in [6.07, 6.45) is 0. The summed E-state index contributed by atoms with van der Waals surface area (Å²) < 4.78 is 10.6. The highest BCUT2D eigenvalue weighted by molar-refractivity contribution is 5.82. The molecule has 4 heteroatoms. The van der Waals surface area contributed by atoms with Gasteiger partial charge in [-0.2, -0.15) is 0 Å². The van der Waals surface area contributed by atoms with Gasteiger partial charge in [0.25, 0.3) is 0 Å². The third kappa shape index (κ3) is 4.93. The number of benzene rings is 2. The molecule has 0 aromatic heterocycles. The maximum atomic E-state index is 11.8. The summed E-state index contributed by atoms with van der Waals surface area (Å²) in [6.45, 7) is 0.980. The highest BCUT2D eigenvalue weighted by atomic mass is 16.5. The topological polar surface area (TPSA) is 47.6 Å². The average molecular weight is 285 g/mol. The Kier molecular flexibility index (Phi) is 5.79. The van der Waals surface area contributed by atoms with Gasteiger partial charge in [-0.3, -0.25) is 4.79 Å². The molecule has 0 atom stereocenters. The van der Waals surface area contributed by atoms with E-state index >= 15 is 0 Å². The summed E-state index contributed by atoms with van der Waals surface area (Å²) in [6, 6.07) is 17.2. The molecule has 1 N–H and O–H groups in total. The molecule has 0 saturated heterocycles. The third-order valence-electron chi connectivity index (χ3n) is 2.95. The van der Waals surface area contributed by atoms with E-state index in [1.165, 1.54) is 0 Å². The molecule has 0 saturated carbocycles. The minimum absolute atomic E-state index is 0.00293. The quantitative estimate of drug-likeness (QED) is 0.809. The van der Waals surface area contributed by atoms with Gasteiger partial charge in [-0.05, 0) is 17.7 Å². The van der Waals surface area contributed by atoms with Crippen LogP contribution >= 0.6 is 0 Å². The molecular formula is C17H19NO3. The van der Waals surface area contributed by atoms with Crippen LogP contribution in [0.2, 0.25) is 0 Å². The molecule has 4 nitrogen and oxygen atoms in total. The van der Waals surface area contributed by atoms with Crippen LogP contribution < -0.4 is 14.8 Å². The molecule has 0 amide bonds. The summed E-state index contributed by atoms with van der Waals surface area (Å²) >= 11 is 0. The van der Waals surface area contributed by atoms with E-state index in [0.717, 1.165) is 5.56 Å². The SMILES string of the molecule is COc1ccccc1OCC(=O)CNCc1ccccc1. The molecule has 2 aromatic carbocycles. The lowest BCUT2D eigenvalue weighted by Gasteiger charge is -2.10. The van der Waals surface area contributed by atoms with Crippen molar-refractivity contribution in [2.24, 2.45) is 0 Å². The van der Waals surface area contributed by atoms with Gasteiger partial charge in [0.15, 0.2) is 17.3 Å². The molecule has 2 rings (SSSR count). The van der Waals surface area contributed by atoms with Crippen molar-refractivity contribution >= 4 is 5.78 Å². The fourth-order valence-corrected chi connectivity index (χ4v) is 1.89. The Labute approximate surface area is 124 Å². The summed E-state index contributed by atoms with van der Waals surface area (Å²) in [5.41, 5.74) is 1.15. The van der Waals surface area contributed by atoms with Crippen LogP contribution in [0.3, 0.4) is 0 Å². The van der Waals surface area contributed by atoms with Crippen molar-refractivity contribution in [2.45, 2.75) is 6.54 Å². The van der Waals surface area contributed by atoms with Gasteiger partial charge in [-0.1, -0.05) is 42.5 Å². The van der Waals surface area contributed by atoms with Crippen molar-refractivity contribution in [3.8, 4) is 11.5 Å². The van der Waals surface area contributed by atoms with E-state index in [-0.39, 0.29) is 18.9 Å². The van der Waals surface area contributed by atoms with Gasteiger partial charge in [0.05, 0.1) is 13.7 Å². The minimum atomic E-state index is -0.00293. The molecule has 110 valence electrons. The molecule has 2 aromatic rings. The number of methoxy groups -OCH3 is 1. The molecule has 0 fully saturated rings. The van der Waals surface area contributed by atoms with Gasteiger partial charge in [-0.25, -0.2) is 0 Å². The number of ether oxygens (including phenoxy) is 2. The van der Waals surface area contributed by atoms with Gasteiger partial charge in [0, 0.05) is 6.54 Å². The Morgan fingerprint density at radius 3 is 2.38 bits per heavy atom. The summed E-state index contributed by atoms with van der Waals surface area (Å²) in [5.74, 6) is 1.20. The lowest BCUT2D eigenvalue weighted by Crippen LogP contribution is -2.26. The van der Waals surface area contributed by atoms with E-state index in [4.69, 9.17) is 9.47 Å². The van der Waals surface area contributed by atoms with Gasteiger partial charge in [-0.15, -0.1) is 0 Å². The molecule has 0 spiro atoms. The molecule has 0 aliphatic carbocycles. The second-order valence-electron chi connectivity index (χ2n) is 4.57. The van der Waals surface area contributed by atoms with Crippen LogP contribution in [0.1, 0.15) is 5.56 Å². The highest BCUT2D eigenvalue weighted by Gasteiger charge is 2.06. The number of para-hydroxylation sites is 2. The third-order valence-corrected chi connectivity index (χ3v) is 2.95. The zero-order valence-corrected chi connectivity index (χ0v) is 12.0. The predicted molar refractivity (Wildman–Crippen MR) is 81.6 cm³/mol. The van der Waals surface area contributed by atoms with Crippen LogP contribution in [0, 0.1) is 0 Å².